The van der Waals surface area contributed by atoms with Crippen molar-refractivity contribution in [1.29, 1.82) is 0 Å². The Bertz CT molecular complexity index is 837. The minimum atomic E-state index is -1.05. The Labute approximate surface area is 140 Å². The van der Waals surface area contributed by atoms with E-state index in [-0.39, 0.29) is 6.42 Å². The minimum absolute atomic E-state index is 0.0204. The monoisotopic (exact) mass is 320 g/mol. The standard InChI is InChI=1S/C20H19NO3/c1-24-19-10-6-5-9-18(19)21-16(12-14-20(22)23)11-13-17(21)15-7-3-2-4-8-15/h2-11,13H,12,14H2,1H3,(H,22,23)/p-1. The van der Waals surface area contributed by atoms with E-state index in [1.54, 1.807) is 7.11 Å². The lowest BCUT2D eigenvalue weighted by Gasteiger charge is -2.17. The molecule has 122 valence electrons. The molecule has 2 aromatic carbocycles. The van der Waals surface area contributed by atoms with E-state index in [1.165, 1.54) is 0 Å². The summed E-state index contributed by atoms with van der Waals surface area (Å²) in [6.07, 6.45) is 0.376. The van der Waals surface area contributed by atoms with Crippen molar-refractivity contribution in [1.82, 2.24) is 4.57 Å². The smallest absolute Gasteiger partial charge is 0.142 e. The first-order chi connectivity index (χ1) is 11.7. The molecular formula is C20H18NO3-. The van der Waals surface area contributed by atoms with Gasteiger partial charge in [-0.25, -0.2) is 0 Å². The molecule has 4 heteroatoms. The number of para-hydroxylation sites is 2. The highest BCUT2D eigenvalue weighted by Crippen LogP contribution is 2.31. The van der Waals surface area contributed by atoms with E-state index < -0.39 is 5.97 Å². The molecule has 0 unspecified atom stereocenters. The van der Waals surface area contributed by atoms with Crippen molar-refractivity contribution in [3.05, 3.63) is 72.4 Å². The SMILES string of the molecule is COc1ccccc1-n1c(CCC(=O)[O-])ccc1-c1ccccc1. The third-order valence-electron chi connectivity index (χ3n) is 3.94. The zero-order valence-electron chi connectivity index (χ0n) is 13.4. The van der Waals surface area contributed by atoms with E-state index >= 15 is 0 Å². The first-order valence-electron chi connectivity index (χ1n) is 7.80. The summed E-state index contributed by atoms with van der Waals surface area (Å²) in [5, 5.41) is 10.9. The van der Waals surface area contributed by atoms with E-state index in [2.05, 4.69) is 4.57 Å². The summed E-state index contributed by atoms with van der Waals surface area (Å²) >= 11 is 0. The molecule has 0 spiro atoms. The number of rotatable bonds is 6. The first kappa shape index (κ1) is 15.9. The molecule has 1 heterocycles. The van der Waals surface area contributed by atoms with Gasteiger partial charge in [-0.3, -0.25) is 0 Å². The Morgan fingerprint density at radius 1 is 1.00 bits per heavy atom. The molecule has 0 aliphatic heterocycles. The second-order valence-corrected chi connectivity index (χ2v) is 5.46. The van der Waals surface area contributed by atoms with E-state index in [0.29, 0.717) is 6.42 Å². The molecule has 0 saturated carbocycles. The van der Waals surface area contributed by atoms with Gasteiger partial charge in [-0.2, -0.15) is 0 Å². The van der Waals surface area contributed by atoms with Crippen molar-refractivity contribution in [2.45, 2.75) is 12.8 Å². The topological polar surface area (TPSA) is 54.3 Å². The summed E-state index contributed by atoms with van der Waals surface area (Å²) in [6.45, 7) is 0. The molecule has 24 heavy (non-hydrogen) atoms. The van der Waals surface area contributed by atoms with Gasteiger partial charge in [0, 0.05) is 11.7 Å². The highest BCUT2D eigenvalue weighted by Gasteiger charge is 2.14. The molecule has 1 aromatic heterocycles. The molecule has 3 aromatic rings. The highest BCUT2D eigenvalue weighted by atomic mass is 16.5. The second-order valence-electron chi connectivity index (χ2n) is 5.46. The van der Waals surface area contributed by atoms with Crippen LogP contribution in [0.1, 0.15) is 12.1 Å². The summed E-state index contributed by atoms with van der Waals surface area (Å²) < 4.78 is 7.54. The van der Waals surface area contributed by atoms with E-state index in [9.17, 15) is 9.90 Å². The largest absolute Gasteiger partial charge is 0.550 e. The van der Waals surface area contributed by atoms with Crippen LogP contribution in [-0.2, 0) is 11.2 Å². The van der Waals surface area contributed by atoms with Crippen LogP contribution in [0, 0.1) is 0 Å². The zero-order chi connectivity index (χ0) is 16.9. The molecule has 0 aliphatic carbocycles. The van der Waals surface area contributed by atoms with Crippen LogP contribution in [0.25, 0.3) is 16.9 Å². The normalized spacial score (nSPS) is 10.5. The number of carboxylic acids is 1. The van der Waals surface area contributed by atoms with Crippen LogP contribution in [0.15, 0.2) is 66.7 Å². The van der Waals surface area contributed by atoms with Gasteiger partial charge in [0.2, 0.25) is 0 Å². The summed E-state index contributed by atoms with van der Waals surface area (Å²) in [6, 6.07) is 21.7. The van der Waals surface area contributed by atoms with Gasteiger partial charge in [0.1, 0.15) is 5.75 Å². The molecule has 3 rings (SSSR count). The van der Waals surface area contributed by atoms with E-state index in [0.717, 1.165) is 28.4 Å². The molecule has 0 bridgehead atoms. The zero-order valence-corrected chi connectivity index (χ0v) is 13.4. The number of hydrogen-bond acceptors (Lipinski definition) is 3. The van der Waals surface area contributed by atoms with Gasteiger partial charge in [-0.05, 0) is 42.7 Å². The number of methoxy groups -OCH3 is 1. The maximum Gasteiger partial charge on any atom is 0.142 e. The Balaban J connectivity index is 2.16. The van der Waals surface area contributed by atoms with Crippen LogP contribution in [0.4, 0.5) is 0 Å². The van der Waals surface area contributed by atoms with Crippen LogP contribution in [-0.4, -0.2) is 17.6 Å². The van der Waals surface area contributed by atoms with Crippen LogP contribution < -0.4 is 9.84 Å². The van der Waals surface area contributed by atoms with Crippen LogP contribution in [0.5, 0.6) is 5.75 Å². The van der Waals surface area contributed by atoms with Crippen molar-refractivity contribution in [3.63, 3.8) is 0 Å². The summed E-state index contributed by atoms with van der Waals surface area (Å²) in [7, 11) is 1.63. The number of carbonyl (C=O) groups is 1. The predicted octanol–water partition coefficient (Wildman–Crippen LogP) is 2.84. The van der Waals surface area contributed by atoms with Gasteiger partial charge in [-0.15, -0.1) is 0 Å². The summed E-state index contributed by atoms with van der Waals surface area (Å²) in [5.41, 5.74) is 3.84. The van der Waals surface area contributed by atoms with E-state index in [1.807, 2.05) is 66.7 Å². The summed E-state index contributed by atoms with van der Waals surface area (Å²) in [4.78, 5) is 10.9. The Kier molecular flexibility index (Phi) is 4.66. The van der Waals surface area contributed by atoms with Crippen molar-refractivity contribution >= 4 is 5.97 Å². The number of aryl methyl sites for hydroxylation is 1. The van der Waals surface area contributed by atoms with Gasteiger partial charge in [-0.1, -0.05) is 42.5 Å². The van der Waals surface area contributed by atoms with Crippen molar-refractivity contribution in [2.75, 3.05) is 7.11 Å². The van der Waals surface area contributed by atoms with Crippen LogP contribution >= 0.6 is 0 Å². The van der Waals surface area contributed by atoms with Gasteiger partial charge in [0.05, 0.1) is 18.5 Å². The third kappa shape index (κ3) is 3.18. The predicted molar refractivity (Wildman–Crippen MR) is 91.1 cm³/mol. The molecule has 0 N–H and O–H groups in total. The molecule has 0 fully saturated rings. The number of hydrogen-bond donors (Lipinski definition) is 0. The lowest BCUT2D eigenvalue weighted by molar-refractivity contribution is -0.305. The number of carboxylic acid groups (broad SMARTS) is 1. The Hall–Kier alpha value is -3.01. The molecule has 0 saturated heterocycles. The lowest BCUT2D eigenvalue weighted by Crippen LogP contribution is -2.22. The average molecular weight is 320 g/mol. The maximum atomic E-state index is 10.9. The number of aromatic nitrogens is 1. The molecule has 0 atom stereocenters. The first-order valence-corrected chi connectivity index (χ1v) is 7.80. The maximum absolute atomic E-state index is 10.9. The fourth-order valence-corrected chi connectivity index (χ4v) is 2.84. The fraction of sp³-hybridized carbons (Fsp3) is 0.150. The molecular weight excluding hydrogens is 302 g/mol. The van der Waals surface area contributed by atoms with E-state index in [4.69, 9.17) is 4.74 Å². The van der Waals surface area contributed by atoms with Crippen molar-refractivity contribution in [2.24, 2.45) is 0 Å². The third-order valence-corrected chi connectivity index (χ3v) is 3.94. The number of aliphatic carboxylic acids is 1. The number of ether oxygens (including phenoxy) is 1. The quantitative estimate of drug-likeness (QED) is 0.702. The summed E-state index contributed by atoms with van der Waals surface area (Å²) in [5.74, 6) is -0.315. The van der Waals surface area contributed by atoms with Gasteiger partial charge in [0.25, 0.3) is 0 Å². The van der Waals surface area contributed by atoms with Gasteiger partial charge < -0.3 is 19.2 Å². The number of benzene rings is 2. The highest BCUT2D eigenvalue weighted by molar-refractivity contribution is 5.67. The average Bonchev–Trinajstić information content (AvgIpc) is 3.04. The molecule has 0 radical (unpaired) electrons. The fourth-order valence-electron chi connectivity index (χ4n) is 2.84. The molecule has 0 amide bonds. The van der Waals surface area contributed by atoms with Crippen LogP contribution in [0.3, 0.4) is 0 Å². The second kappa shape index (κ2) is 7.04. The van der Waals surface area contributed by atoms with Gasteiger partial charge in [0.15, 0.2) is 0 Å². The van der Waals surface area contributed by atoms with Crippen molar-refractivity contribution < 1.29 is 14.6 Å². The Morgan fingerprint density at radius 3 is 2.42 bits per heavy atom. The Morgan fingerprint density at radius 2 is 1.71 bits per heavy atom. The number of carbonyl (C=O) groups excluding carboxylic acids is 1. The minimum Gasteiger partial charge on any atom is -0.550 e. The van der Waals surface area contributed by atoms with Crippen LogP contribution in [0.2, 0.25) is 0 Å². The van der Waals surface area contributed by atoms with Crippen molar-refractivity contribution in [3.8, 4) is 22.7 Å². The molecule has 4 nitrogen and oxygen atoms in total. The number of nitrogens with zero attached hydrogens (tertiary/aromatic N) is 1. The lowest BCUT2D eigenvalue weighted by atomic mass is 10.1. The molecule has 0 aliphatic rings. The van der Waals surface area contributed by atoms with Gasteiger partial charge >= 0.3 is 0 Å².